The molecule has 2 N–H and O–H groups in total. The van der Waals surface area contributed by atoms with E-state index in [2.05, 4.69) is 4.98 Å². The van der Waals surface area contributed by atoms with Gasteiger partial charge in [0, 0.05) is 23.9 Å². The number of hydrogen-bond donors (Lipinski definition) is 1. The fourth-order valence-electron chi connectivity index (χ4n) is 3.88. The number of ether oxygens (including phenoxy) is 2. The van der Waals surface area contributed by atoms with Gasteiger partial charge in [0.2, 0.25) is 0 Å². The van der Waals surface area contributed by atoms with Crippen LogP contribution in [0.2, 0.25) is 0 Å². The Labute approximate surface area is 196 Å². The Kier molecular flexibility index (Phi) is 6.09. The number of carbonyl (C=O) groups is 1. The fraction of sp³-hybridized carbons (Fsp3) is 0.174. The minimum absolute atomic E-state index is 0.0154. The van der Waals surface area contributed by atoms with E-state index < -0.39 is 48.1 Å². The van der Waals surface area contributed by atoms with E-state index in [-0.39, 0.29) is 39.7 Å². The van der Waals surface area contributed by atoms with Gasteiger partial charge in [0.25, 0.3) is 0 Å². The molecule has 0 radical (unpaired) electrons. The first kappa shape index (κ1) is 23.6. The van der Waals surface area contributed by atoms with Crippen molar-refractivity contribution in [2.75, 3.05) is 29.8 Å². The summed E-state index contributed by atoms with van der Waals surface area (Å²) in [6, 6.07) is 4.48. The molecule has 0 bridgehead atoms. The van der Waals surface area contributed by atoms with Gasteiger partial charge in [-0.25, -0.2) is 27.3 Å². The molecule has 2 heterocycles. The monoisotopic (exact) mass is 487 g/mol. The highest BCUT2D eigenvalue weighted by Crippen LogP contribution is 2.42. The van der Waals surface area contributed by atoms with Crippen LogP contribution in [0.4, 0.5) is 39.5 Å². The number of pyridine rings is 1. The third kappa shape index (κ3) is 4.01. The van der Waals surface area contributed by atoms with E-state index in [9.17, 15) is 18.8 Å². The summed E-state index contributed by atoms with van der Waals surface area (Å²) in [5, 5.41) is 9.65. The molecule has 4 rings (SSSR count). The van der Waals surface area contributed by atoms with Gasteiger partial charge in [-0.2, -0.15) is 5.26 Å². The molecule has 0 saturated carbocycles. The van der Waals surface area contributed by atoms with Gasteiger partial charge >= 0.3 is 6.03 Å². The third-order valence-electron chi connectivity index (χ3n) is 5.41. The van der Waals surface area contributed by atoms with Crippen LogP contribution in [-0.4, -0.2) is 25.2 Å². The van der Waals surface area contributed by atoms with Crippen molar-refractivity contribution < 1.29 is 31.8 Å². The number of carbonyl (C=O) groups excluding carboxylic acids is 1. The normalized spacial score (nSPS) is 12.9. The summed E-state index contributed by atoms with van der Waals surface area (Å²) in [4.78, 5) is 19.3. The molecule has 1 aromatic heterocycles. The van der Waals surface area contributed by atoms with Crippen LogP contribution < -0.4 is 25.0 Å². The van der Waals surface area contributed by atoms with Crippen molar-refractivity contribution in [3.63, 3.8) is 0 Å². The molecule has 3 aromatic rings. The smallest absolute Gasteiger partial charge is 0.329 e. The van der Waals surface area contributed by atoms with E-state index in [0.29, 0.717) is 6.07 Å². The molecule has 8 nitrogen and oxygen atoms in total. The second-order valence-electron chi connectivity index (χ2n) is 7.49. The zero-order chi connectivity index (χ0) is 25.4. The van der Waals surface area contributed by atoms with Crippen LogP contribution in [0.25, 0.3) is 0 Å². The molecular weight excluding hydrogens is 470 g/mol. The van der Waals surface area contributed by atoms with Crippen LogP contribution in [0.3, 0.4) is 0 Å². The predicted molar refractivity (Wildman–Crippen MR) is 117 cm³/mol. The molecule has 2 aromatic carbocycles. The number of amides is 2. The van der Waals surface area contributed by atoms with Gasteiger partial charge < -0.3 is 15.2 Å². The van der Waals surface area contributed by atoms with Crippen molar-refractivity contribution in [2.24, 2.45) is 0 Å². The van der Waals surface area contributed by atoms with Crippen LogP contribution >= 0.6 is 0 Å². The minimum atomic E-state index is -1.18. The van der Waals surface area contributed by atoms with E-state index in [1.165, 1.54) is 6.20 Å². The zero-order valence-electron chi connectivity index (χ0n) is 18.4. The summed E-state index contributed by atoms with van der Waals surface area (Å²) < 4.78 is 68.0. The Balaban J connectivity index is 1.93. The van der Waals surface area contributed by atoms with Crippen molar-refractivity contribution in [2.45, 2.75) is 13.1 Å². The van der Waals surface area contributed by atoms with Crippen molar-refractivity contribution in [3.8, 4) is 17.6 Å². The quantitative estimate of drug-likeness (QED) is 0.540. The van der Waals surface area contributed by atoms with Crippen molar-refractivity contribution in [1.29, 1.82) is 5.26 Å². The molecule has 1 aliphatic rings. The van der Waals surface area contributed by atoms with E-state index in [4.69, 9.17) is 15.2 Å². The SMILES string of the molecule is COc1cc(OC)c(F)c(N2Cc3cnc(N)c(C#N)c3N(Cc3cc(F)cc(F)c3)C2=O)c1F. The first-order valence-corrected chi connectivity index (χ1v) is 10.0. The predicted octanol–water partition coefficient (Wildman–Crippen LogP) is 4.26. The Morgan fingerprint density at radius 3 is 2.17 bits per heavy atom. The number of methoxy groups -OCH3 is 2. The molecule has 0 atom stereocenters. The lowest BCUT2D eigenvalue weighted by atomic mass is 10.0. The molecule has 0 unspecified atom stereocenters. The van der Waals surface area contributed by atoms with Crippen LogP contribution in [0.1, 0.15) is 16.7 Å². The Hall–Kier alpha value is -4.53. The van der Waals surface area contributed by atoms with E-state index in [1.54, 1.807) is 0 Å². The maximum atomic E-state index is 15.2. The Morgan fingerprint density at radius 2 is 1.63 bits per heavy atom. The number of rotatable bonds is 5. The fourth-order valence-corrected chi connectivity index (χ4v) is 3.88. The number of nitrogen functional groups attached to an aromatic ring is 1. The average molecular weight is 487 g/mol. The molecule has 35 heavy (non-hydrogen) atoms. The van der Waals surface area contributed by atoms with Gasteiger partial charge in [0.15, 0.2) is 23.1 Å². The first-order valence-electron chi connectivity index (χ1n) is 10.0. The number of benzene rings is 2. The maximum Gasteiger partial charge on any atom is 0.329 e. The summed E-state index contributed by atoms with van der Waals surface area (Å²) in [6.45, 7) is -0.839. The van der Waals surface area contributed by atoms with Gasteiger partial charge in [0.1, 0.15) is 34.8 Å². The lowest BCUT2D eigenvalue weighted by Crippen LogP contribution is -2.48. The summed E-state index contributed by atoms with van der Waals surface area (Å²) in [6.07, 6.45) is 1.25. The molecule has 12 heteroatoms. The standard InChI is InChI=1S/C23H17F4N5O3/c1-34-16-6-17(35-2)19(27)21(18(16)26)32-10-12-8-30-22(29)15(7-28)20(12)31(23(32)33)9-11-3-13(24)5-14(25)4-11/h3-6,8H,9-10H2,1-2H3,(H2,29,30). The number of fused-ring (bicyclic) bond motifs is 1. The zero-order valence-corrected chi connectivity index (χ0v) is 18.4. The topological polar surface area (TPSA) is 105 Å². The van der Waals surface area contributed by atoms with E-state index in [0.717, 1.165) is 42.2 Å². The number of nitrogens with two attached hydrogens (primary N) is 1. The number of nitrogens with zero attached hydrogens (tertiary/aromatic N) is 4. The largest absolute Gasteiger partial charge is 0.493 e. The number of hydrogen-bond acceptors (Lipinski definition) is 6. The molecule has 0 spiro atoms. The molecular formula is C23H17F4N5O3. The van der Waals surface area contributed by atoms with Crippen molar-refractivity contribution in [3.05, 3.63) is 70.4 Å². The Bertz CT molecular complexity index is 1340. The Morgan fingerprint density at radius 1 is 1.03 bits per heavy atom. The van der Waals surface area contributed by atoms with Crippen LogP contribution in [0.5, 0.6) is 11.5 Å². The van der Waals surface area contributed by atoms with Gasteiger partial charge in [-0.05, 0) is 17.7 Å². The first-order chi connectivity index (χ1) is 16.7. The lowest BCUT2D eigenvalue weighted by Gasteiger charge is -2.38. The highest BCUT2D eigenvalue weighted by molar-refractivity contribution is 6.07. The van der Waals surface area contributed by atoms with Crippen LogP contribution in [0, 0.1) is 34.6 Å². The third-order valence-corrected chi connectivity index (χ3v) is 5.41. The lowest BCUT2D eigenvalue weighted by molar-refractivity contribution is 0.249. The molecule has 0 saturated heterocycles. The van der Waals surface area contributed by atoms with Crippen molar-refractivity contribution >= 4 is 23.2 Å². The average Bonchev–Trinajstić information content (AvgIpc) is 2.81. The molecule has 180 valence electrons. The maximum absolute atomic E-state index is 15.2. The molecule has 0 aliphatic carbocycles. The van der Waals surface area contributed by atoms with Crippen LogP contribution in [-0.2, 0) is 13.1 Å². The van der Waals surface area contributed by atoms with Gasteiger partial charge in [-0.3, -0.25) is 9.80 Å². The highest BCUT2D eigenvalue weighted by atomic mass is 19.1. The molecule has 1 aliphatic heterocycles. The van der Waals surface area contributed by atoms with E-state index in [1.807, 2.05) is 6.07 Å². The number of aromatic nitrogens is 1. The minimum Gasteiger partial charge on any atom is -0.493 e. The molecule has 2 amide bonds. The molecule has 0 fully saturated rings. The number of halogens is 4. The summed E-state index contributed by atoms with van der Waals surface area (Å²) in [5.74, 6) is -5.11. The van der Waals surface area contributed by atoms with E-state index >= 15 is 8.78 Å². The number of urea groups is 1. The highest BCUT2D eigenvalue weighted by Gasteiger charge is 2.38. The summed E-state index contributed by atoms with van der Waals surface area (Å²) in [7, 11) is 2.31. The van der Waals surface area contributed by atoms with Gasteiger partial charge in [-0.15, -0.1) is 0 Å². The second-order valence-corrected chi connectivity index (χ2v) is 7.49. The summed E-state index contributed by atoms with van der Waals surface area (Å²) in [5.41, 5.74) is 5.12. The number of nitriles is 1. The number of anilines is 3. The van der Waals surface area contributed by atoms with Crippen LogP contribution in [0.15, 0.2) is 30.5 Å². The van der Waals surface area contributed by atoms with Gasteiger partial charge in [0.05, 0.1) is 33.0 Å². The van der Waals surface area contributed by atoms with Crippen molar-refractivity contribution in [1.82, 2.24) is 4.98 Å². The second kappa shape index (κ2) is 9.02. The van der Waals surface area contributed by atoms with Gasteiger partial charge in [-0.1, -0.05) is 0 Å². The summed E-state index contributed by atoms with van der Waals surface area (Å²) >= 11 is 0.